The summed E-state index contributed by atoms with van der Waals surface area (Å²) < 4.78 is 5.72. The van der Waals surface area contributed by atoms with Gasteiger partial charge in [-0.2, -0.15) is 4.98 Å². The van der Waals surface area contributed by atoms with Crippen LogP contribution in [-0.4, -0.2) is 15.9 Å². The minimum atomic E-state index is -0.0720. The highest BCUT2D eigenvalue weighted by molar-refractivity contribution is 5.95. The van der Waals surface area contributed by atoms with E-state index in [-0.39, 0.29) is 5.91 Å². The summed E-state index contributed by atoms with van der Waals surface area (Å²) >= 11 is 0. The summed E-state index contributed by atoms with van der Waals surface area (Å²) in [5.74, 6) is 0.464. The van der Waals surface area contributed by atoms with Crippen molar-refractivity contribution in [3.63, 3.8) is 0 Å². The van der Waals surface area contributed by atoms with Gasteiger partial charge in [0, 0.05) is 23.9 Å². The van der Waals surface area contributed by atoms with Crippen molar-refractivity contribution in [3.05, 3.63) is 83.6 Å². The van der Waals surface area contributed by atoms with E-state index in [1.807, 2.05) is 67.6 Å². The maximum atomic E-state index is 12.3. The van der Waals surface area contributed by atoms with E-state index < -0.39 is 0 Å². The van der Waals surface area contributed by atoms with Crippen LogP contribution in [0.4, 0.5) is 0 Å². The number of benzene rings is 2. The summed E-state index contributed by atoms with van der Waals surface area (Å²) in [6, 6.07) is 19.0. The van der Waals surface area contributed by atoms with Crippen molar-refractivity contribution >= 4 is 17.1 Å². The molecule has 0 unspecified atom stereocenters. The molecular weight excluding hydrogens is 326 g/mol. The van der Waals surface area contributed by atoms with Crippen LogP contribution in [-0.2, 0) is 6.54 Å². The average molecular weight is 343 g/mol. The molecule has 4 aromatic rings. The number of oxazole rings is 1. The number of nitrogens with zero attached hydrogens (tertiary/aromatic N) is 2. The second-order valence-corrected chi connectivity index (χ2v) is 6.04. The first-order valence-corrected chi connectivity index (χ1v) is 8.35. The monoisotopic (exact) mass is 343 g/mol. The van der Waals surface area contributed by atoms with Crippen molar-refractivity contribution in [1.82, 2.24) is 15.3 Å². The van der Waals surface area contributed by atoms with Crippen molar-refractivity contribution in [2.75, 3.05) is 0 Å². The fourth-order valence-electron chi connectivity index (χ4n) is 2.76. The molecule has 2 heterocycles. The lowest BCUT2D eigenvalue weighted by molar-refractivity contribution is 0.0950. The van der Waals surface area contributed by atoms with E-state index in [2.05, 4.69) is 15.3 Å². The van der Waals surface area contributed by atoms with Gasteiger partial charge in [-0.1, -0.05) is 30.3 Å². The zero-order chi connectivity index (χ0) is 17.9. The Bertz CT molecular complexity index is 1040. The topological polar surface area (TPSA) is 68.0 Å². The number of carbonyl (C=O) groups is 1. The van der Waals surface area contributed by atoms with Gasteiger partial charge in [0.15, 0.2) is 11.2 Å². The predicted molar refractivity (Wildman–Crippen MR) is 99.6 cm³/mol. The molecule has 0 aliphatic carbocycles. The fraction of sp³-hybridized carbons (Fsp3) is 0.0952. The van der Waals surface area contributed by atoms with E-state index in [9.17, 15) is 4.79 Å². The van der Waals surface area contributed by atoms with Gasteiger partial charge in [0.05, 0.1) is 0 Å². The Balaban J connectivity index is 1.46. The van der Waals surface area contributed by atoms with Gasteiger partial charge in [-0.3, -0.25) is 4.79 Å². The van der Waals surface area contributed by atoms with E-state index in [4.69, 9.17) is 4.42 Å². The van der Waals surface area contributed by atoms with Crippen LogP contribution in [0.15, 0.2) is 71.3 Å². The smallest absolute Gasteiger partial charge is 0.251 e. The van der Waals surface area contributed by atoms with Crippen LogP contribution in [0.5, 0.6) is 0 Å². The molecule has 26 heavy (non-hydrogen) atoms. The normalized spacial score (nSPS) is 10.8. The molecule has 0 spiro atoms. The Labute approximate surface area is 150 Å². The molecule has 0 saturated heterocycles. The van der Waals surface area contributed by atoms with E-state index >= 15 is 0 Å². The molecule has 0 fully saturated rings. The van der Waals surface area contributed by atoms with Crippen LogP contribution in [0, 0.1) is 6.92 Å². The van der Waals surface area contributed by atoms with E-state index in [0.717, 1.165) is 16.7 Å². The molecule has 0 radical (unpaired) electrons. The number of hydrogen-bond acceptors (Lipinski definition) is 4. The molecule has 0 atom stereocenters. The van der Waals surface area contributed by atoms with Crippen LogP contribution >= 0.6 is 0 Å². The Kier molecular flexibility index (Phi) is 4.19. The molecule has 4 rings (SSSR count). The highest BCUT2D eigenvalue weighted by atomic mass is 16.3. The van der Waals surface area contributed by atoms with Gasteiger partial charge < -0.3 is 9.73 Å². The van der Waals surface area contributed by atoms with E-state index in [0.29, 0.717) is 29.2 Å². The molecule has 2 aromatic carbocycles. The van der Waals surface area contributed by atoms with Crippen LogP contribution in [0.25, 0.3) is 22.7 Å². The number of rotatable bonds is 4. The highest BCUT2D eigenvalue weighted by Crippen LogP contribution is 2.23. The maximum Gasteiger partial charge on any atom is 0.251 e. The lowest BCUT2D eigenvalue weighted by atomic mass is 10.1. The molecule has 1 N–H and O–H groups in total. The molecule has 0 bridgehead atoms. The maximum absolute atomic E-state index is 12.3. The first kappa shape index (κ1) is 16.0. The van der Waals surface area contributed by atoms with Crippen LogP contribution in [0.3, 0.4) is 0 Å². The zero-order valence-corrected chi connectivity index (χ0v) is 14.3. The summed E-state index contributed by atoms with van der Waals surface area (Å²) in [5, 5.41) is 2.95. The summed E-state index contributed by atoms with van der Waals surface area (Å²) in [7, 11) is 0. The third kappa shape index (κ3) is 3.19. The van der Waals surface area contributed by atoms with Gasteiger partial charge in [-0.15, -0.1) is 0 Å². The molecule has 128 valence electrons. The summed E-state index contributed by atoms with van der Waals surface area (Å²) in [6.07, 6.45) is 1.69. The average Bonchev–Trinajstić information content (AvgIpc) is 3.11. The summed E-state index contributed by atoms with van der Waals surface area (Å²) in [4.78, 5) is 20.8. The van der Waals surface area contributed by atoms with Crippen molar-refractivity contribution in [1.29, 1.82) is 0 Å². The van der Waals surface area contributed by atoms with E-state index in [1.165, 1.54) is 0 Å². The van der Waals surface area contributed by atoms with Gasteiger partial charge in [-0.25, -0.2) is 4.98 Å². The van der Waals surface area contributed by atoms with Crippen molar-refractivity contribution in [2.45, 2.75) is 13.5 Å². The summed E-state index contributed by atoms with van der Waals surface area (Å²) in [6.45, 7) is 2.39. The highest BCUT2D eigenvalue weighted by Gasteiger charge is 2.10. The minimum Gasteiger partial charge on any atom is -0.434 e. The zero-order valence-electron chi connectivity index (χ0n) is 14.3. The van der Waals surface area contributed by atoms with Gasteiger partial charge in [-0.05, 0) is 48.4 Å². The first-order valence-electron chi connectivity index (χ1n) is 8.35. The molecule has 0 aliphatic rings. The van der Waals surface area contributed by atoms with Crippen LogP contribution < -0.4 is 5.32 Å². The molecule has 5 heteroatoms. The van der Waals surface area contributed by atoms with Gasteiger partial charge in [0.2, 0.25) is 5.89 Å². The van der Waals surface area contributed by atoms with Crippen molar-refractivity contribution in [2.24, 2.45) is 0 Å². The molecule has 1 amide bonds. The van der Waals surface area contributed by atoms with E-state index in [1.54, 1.807) is 6.20 Å². The number of fused-ring (bicyclic) bond motifs is 1. The third-order valence-electron chi connectivity index (χ3n) is 4.21. The third-order valence-corrected chi connectivity index (χ3v) is 4.21. The molecule has 0 aliphatic heterocycles. The number of pyridine rings is 1. The minimum absolute atomic E-state index is 0.0720. The number of amides is 1. The number of carbonyl (C=O) groups excluding carboxylic acids is 1. The Morgan fingerprint density at radius 2 is 1.85 bits per heavy atom. The lowest BCUT2D eigenvalue weighted by Crippen LogP contribution is -2.23. The molecule has 2 aromatic heterocycles. The second kappa shape index (κ2) is 6.80. The predicted octanol–water partition coefficient (Wildman–Crippen LogP) is 4.13. The second-order valence-electron chi connectivity index (χ2n) is 6.04. The number of aryl methyl sites for hydroxylation is 1. The SMILES string of the molecule is Cc1ccccc1C(=O)NCc1ccc(-c2nc3ncccc3o2)cc1. The van der Waals surface area contributed by atoms with Crippen molar-refractivity contribution in [3.8, 4) is 11.5 Å². The van der Waals surface area contributed by atoms with Gasteiger partial charge >= 0.3 is 0 Å². The van der Waals surface area contributed by atoms with Crippen LogP contribution in [0.1, 0.15) is 21.5 Å². The molecule has 5 nitrogen and oxygen atoms in total. The fourth-order valence-corrected chi connectivity index (χ4v) is 2.76. The number of aromatic nitrogens is 2. The Morgan fingerprint density at radius 3 is 2.62 bits per heavy atom. The van der Waals surface area contributed by atoms with Gasteiger partial charge in [0.25, 0.3) is 5.91 Å². The first-order chi connectivity index (χ1) is 12.7. The Morgan fingerprint density at radius 1 is 1.04 bits per heavy atom. The largest absolute Gasteiger partial charge is 0.434 e. The number of nitrogens with one attached hydrogen (secondary N) is 1. The molecule has 0 saturated carbocycles. The van der Waals surface area contributed by atoms with Crippen molar-refractivity contribution < 1.29 is 9.21 Å². The summed E-state index contributed by atoms with van der Waals surface area (Å²) in [5.41, 5.74) is 4.80. The quantitative estimate of drug-likeness (QED) is 0.605. The van der Waals surface area contributed by atoms with Crippen LogP contribution in [0.2, 0.25) is 0 Å². The van der Waals surface area contributed by atoms with Gasteiger partial charge in [0.1, 0.15) is 0 Å². The standard InChI is InChI=1S/C21H17N3O2/c1-14-5-2-3-6-17(14)20(25)23-13-15-8-10-16(11-9-15)21-24-19-18(26-21)7-4-12-22-19/h2-12H,13H2,1H3,(H,23,25). The molecular formula is C21H17N3O2. The number of hydrogen-bond donors (Lipinski definition) is 1. The lowest BCUT2D eigenvalue weighted by Gasteiger charge is -2.08. The Hall–Kier alpha value is -3.47.